The summed E-state index contributed by atoms with van der Waals surface area (Å²) in [6.07, 6.45) is 3.96. The molecule has 2 N–H and O–H groups in total. The van der Waals surface area contributed by atoms with Gasteiger partial charge in [0.05, 0.1) is 10.7 Å². The summed E-state index contributed by atoms with van der Waals surface area (Å²) >= 11 is 1.78. The van der Waals surface area contributed by atoms with Crippen molar-refractivity contribution in [3.05, 3.63) is 15.6 Å². The van der Waals surface area contributed by atoms with E-state index in [9.17, 15) is 0 Å². The first-order chi connectivity index (χ1) is 7.59. The molecule has 1 unspecified atom stereocenters. The van der Waals surface area contributed by atoms with E-state index in [0.29, 0.717) is 0 Å². The molecule has 90 valence electrons. The summed E-state index contributed by atoms with van der Waals surface area (Å²) in [7, 11) is 0. The van der Waals surface area contributed by atoms with Gasteiger partial charge in [0.2, 0.25) is 0 Å². The van der Waals surface area contributed by atoms with E-state index in [1.165, 1.54) is 9.88 Å². The highest BCUT2D eigenvalue weighted by atomic mass is 32.1. The zero-order chi connectivity index (χ0) is 11.6. The second-order valence-corrected chi connectivity index (χ2v) is 6.04. The fraction of sp³-hybridized carbons (Fsp3) is 0.750. The van der Waals surface area contributed by atoms with Crippen molar-refractivity contribution in [1.29, 1.82) is 0 Å². The molecule has 4 heteroatoms. The fourth-order valence-electron chi connectivity index (χ4n) is 2.12. The van der Waals surface area contributed by atoms with Crippen molar-refractivity contribution in [2.75, 3.05) is 13.2 Å². The predicted octanol–water partition coefficient (Wildman–Crippen LogP) is 2.20. The molecular formula is C12H20N2OS. The van der Waals surface area contributed by atoms with Crippen LogP contribution in [0.2, 0.25) is 0 Å². The highest BCUT2D eigenvalue weighted by Gasteiger charge is 2.28. The summed E-state index contributed by atoms with van der Waals surface area (Å²) in [5.74, 6) is 0. The van der Waals surface area contributed by atoms with Crippen molar-refractivity contribution < 1.29 is 4.74 Å². The molecule has 1 aromatic rings. The minimum atomic E-state index is -0.104. The molecule has 1 aliphatic heterocycles. The Labute approximate surface area is 101 Å². The Bertz CT molecular complexity index is 334. The van der Waals surface area contributed by atoms with Crippen molar-refractivity contribution in [3.8, 4) is 0 Å². The summed E-state index contributed by atoms with van der Waals surface area (Å²) in [6.45, 7) is 5.83. The van der Waals surface area contributed by atoms with Crippen molar-refractivity contribution in [2.24, 2.45) is 5.73 Å². The number of hydrogen-bond acceptors (Lipinski definition) is 4. The zero-order valence-corrected chi connectivity index (χ0v) is 10.9. The monoisotopic (exact) mass is 240 g/mol. The molecule has 1 aliphatic rings. The summed E-state index contributed by atoms with van der Waals surface area (Å²) in [6, 6.07) is 0. The van der Waals surface area contributed by atoms with Gasteiger partial charge in [-0.3, -0.25) is 0 Å². The molecule has 3 nitrogen and oxygen atoms in total. The van der Waals surface area contributed by atoms with Gasteiger partial charge in [-0.25, -0.2) is 4.98 Å². The van der Waals surface area contributed by atoms with Gasteiger partial charge in [0, 0.05) is 30.1 Å². The van der Waals surface area contributed by atoms with Gasteiger partial charge in [0.15, 0.2) is 0 Å². The average molecular weight is 240 g/mol. The maximum Gasteiger partial charge on any atom is 0.0949 e. The van der Waals surface area contributed by atoms with E-state index >= 15 is 0 Å². The van der Waals surface area contributed by atoms with Crippen LogP contribution in [0, 0.1) is 13.8 Å². The first-order valence-electron chi connectivity index (χ1n) is 5.89. The van der Waals surface area contributed by atoms with Crippen LogP contribution in [0.15, 0.2) is 0 Å². The lowest BCUT2D eigenvalue weighted by molar-refractivity contribution is 0.139. The summed E-state index contributed by atoms with van der Waals surface area (Å²) in [5.41, 5.74) is 7.48. The van der Waals surface area contributed by atoms with Crippen LogP contribution in [0.5, 0.6) is 0 Å². The molecule has 0 radical (unpaired) electrons. The molecule has 0 aromatic carbocycles. The van der Waals surface area contributed by atoms with Crippen LogP contribution in [-0.4, -0.2) is 23.7 Å². The molecule has 2 heterocycles. The maximum atomic E-state index is 6.44. The largest absolute Gasteiger partial charge is 0.381 e. The maximum absolute atomic E-state index is 6.44. The Morgan fingerprint density at radius 3 is 2.88 bits per heavy atom. The van der Waals surface area contributed by atoms with Gasteiger partial charge in [-0.15, -0.1) is 11.3 Å². The van der Waals surface area contributed by atoms with Crippen LogP contribution in [0.25, 0.3) is 0 Å². The summed E-state index contributed by atoms with van der Waals surface area (Å²) in [5, 5.41) is 1.18. The number of nitrogens with zero attached hydrogens (tertiary/aromatic N) is 1. The van der Waals surface area contributed by atoms with Gasteiger partial charge in [-0.1, -0.05) is 0 Å². The predicted molar refractivity (Wildman–Crippen MR) is 66.9 cm³/mol. The van der Waals surface area contributed by atoms with Gasteiger partial charge in [0.1, 0.15) is 0 Å². The SMILES string of the molecule is Cc1nc(CC2(N)CCCOCC2)sc1C. The molecular weight excluding hydrogens is 220 g/mol. The second-order valence-electron chi connectivity index (χ2n) is 4.75. The number of aryl methyl sites for hydroxylation is 2. The Morgan fingerprint density at radius 2 is 2.19 bits per heavy atom. The summed E-state index contributed by atoms with van der Waals surface area (Å²) in [4.78, 5) is 5.89. The number of rotatable bonds is 2. The second kappa shape index (κ2) is 4.82. The highest BCUT2D eigenvalue weighted by molar-refractivity contribution is 7.11. The minimum absolute atomic E-state index is 0.104. The lowest BCUT2D eigenvalue weighted by Gasteiger charge is -2.26. The lowest BCUT2D eigenvalue weighted by atomic mass is 9.89. The molecule has 0 bridgehead atoms. The third-order valence-electron chi connectivity index (χ3n) is 3.28. The van der Waals surface area contributed by atoms with E-state index in [2.05, 4.69) is 18.8 Å². The van der Waals surface area contributed by atoms with Crippen LogP contribution in [0.1, 0.15) is 34.8 Å². The van der Waals surface area contributed by atoms with Crippen LogP contribution < -0.4 is 5.73 Å². The number of aromatic nitrogens is 1. The molecule has 0 aliphatic carbocycles. The van der Waals surface area contributed by atoms with Crippen LogP contribution in [-0.2, 0) is 11.2 Å². The molecule has 1 fully saturated rings. The van der Waals surface area contributed by atoms with Crippen molar-refractivity contribution in [3.63, 3.8) is 0 Å². The number of ether oxygens (including phenoxy) is 1. The molecule has 0 amide bonds. The smallest absolute Gasteiger partial charge is 0.0949 e. The quantitative estimate of drug-likeness (QED) is 0.862. The Hall–Kier alpha value is -0.450. The Kier molecular flexibility index (Phi) is 3.62. The van der Waals surface area contributed by atoms with Gasteiger partial charge >= 0.3 is 0 Å². The molecule has 0 spiro atoms. The highest BCUT2D eigenvalue weighted by Crippen LogP contribution is 2.26. The molecule has 1 saturated heterocycles. The average Bonchev–Trinajstić information content (AvgIpc) is 2.42. The van der Waals surface area contributed by atoms with E-state index in [1.54, 1.807) is 11.3 Å². The van der Waals surface area contributed by atoms with Crippen LogP contribution >= 0.6 is 11.3 Å². The van der Waals surface area contributed by atoms with E-state index in [-0.39, 0.29) is 5.54 Å². The molecule has 16 heavy (non-hydrogen) atoms. The van der Waals surface area contributed by atoms with E-state index in [1.807, 2.05) is 0 Å². The van der Waals surface area contributed by atoms with Crippen LogP contribution in [0.4, 0.5) is 0 Å². The third kappa shape index (κ3) is 2.81. The van der Waals surface area contributed by atoms with E-state index in [0.717, 1.165) is 44.6 Å². The van der Waals surface area contributed by atoms with Gasteiger partial charge in [0.25, 0.3) is 0 Å². The van der Waals surface area contributed by atoms with E-state index < -0.39 is 0 Å². The zero-order valence-electron chi connectivity index (χ0n) is 10.1. The molecule has 0 saturated carbocycles. The van der Waals surface area contributed by atoms with Crippen LogP contribution in [0.3, 0.4) is 0 Å². The Morgan fingerprint density at radius 1 is 1.38 bits per heavy atom. The molecule has 1 aromatic heterocycles. The minimum Gasteiger partial charge on any atom is -0.381 e. The third-order valence-corrected chi connectivity index (χ3v) is 4.36. The normalized spacial score (nSPS) is 26.7. The molecule has 2 rings (SSSR count). The van der Waals surface area contributed by atoms with Crippen molar-refractivity contribution >= 4 is 11.3 Å². The standard InChI is InChI=1S/C12H20N2OS/c1-9-10(2)16-11(14-9)8-12(13)4-3-6-15-7-5-12/h3-8,13H2,1-2H3. The van der Waals surface area contributed by atoms with Crippen molar-refractivity contribution in [1.82, 2.24) is 4.98 Å². The van der Waals surface area contributed by atoms with Crippen molar-refractivity contribution in [2.45, 2.75) is 45.1 Å². The van der Waals surface area contributed by atoms with E-state index in [4.69, 9.17) is 10.5 Å². The topological polar surface area (TPSA) is 48.1 Å². The molecule has 1 atom stereocenters. The Balaban J connectivity index is 2.06. The first-order valence-corrected chi connectivity index (χ1v) is 6.70. The van der Waals surface area contributed by atoms with Gasteiger partial charge < -0.3 is 10.5 Å². The van der Waals surface area contributed by atoms with Gasteiger partial charge in [-0.05, 0) is 33.1 Å². The van der Waals surface area contributed by atoms with Gasteiger partial charge in [-0.2, -0.15) is 0 Å². The fourth-order valence-corrected chi connectivity index (χ4v) is 3.21. The summed E-state index contributed by atoms with van der Waals surface area (Å²) < 4.78 is 5.46. The number of nitrogens with two attached hydrogens (primary N) is 1. The lowest BCUT2D eigenvalue weighted by Crippen LogP contribution is -2.42. The number of thiazole rings is 1. The first kappa shape index (κ1) is 12.0. The number of hydrogen-bond donors (Lipinski definition) is 1.